The van der Waals surface area contributed by atoms with Gasteiger partial charge in [0.2, 0.25) is 0 Å². The Kier molecular flexibility index (Phi) is 14.9. The summed E-state index contributed by atoms with van der Waals surface area (Å²) in [6.07, 6.45) is -1.71. The molecule has 0 aliphatic rings. The summed E-state index contributed by atoms with van der Waals surface area (Å²) in [6, 6.07) is 0. The van der Waals surface area contributed by atoms with Gasteiger partial charge in [-0.05, 0) is 13.5 Å². The van der Waals surface area contributed by atoms with Crippen LogP contribution >= 0.6 is 0 Å². The van der Waals surface area contributed by atoms with E-state index in [1.807, 2.05) is 0 Å². The van der Waals surface area contributed by atoms with Crippen LogP contribution in [0.2, 0.25) is 0 Å². The number of carboxylic acids is 1. The number of nitrogens with one attached hydrogen (secondary N) is 1. The Morgan fingerprint density at radius 3 is 2.16 bits per heavy atom. The highest BCUT2D eigenvalue weighted by molar-refractivity contribution is 5.86. The molecule has 1 amide bonds. The normalized spacial score (nSPS) is 11.4. The molecule has 0 saturated carbocycles. The van der Waals surface area contributed by atoms with Crippen LogP contribution in [0.5, 0.6) is 0 Å². The summed E-state index contributed by atoms with van der Waals surface area (Å²) in [5.41, 5.74) is 0.218. The molecular formula is C18H29N3O10. The number of alkyl carbamates (subject to hydrolysis) is 1. The molecule has 13 heteroatoms. The SMILES string of the molecule is C=C(C)C(=O)OCCNC(=O)OC(CN(COC=O)COC=O)CN(CC)CC(=O)O. The third-order valence-electron chi connectivity index (χ3n) is 3.61. The standard InChI is InChI=1S/C18H29N3O10/c1-4-20(9-16(24)25)7-15(8-21(10-28-12-22)11-29-13-23)31-18(27)19-5-6-30-17(26)14(2)3/h12-13,15H,2,4-11H2,1,3H3,(H,19,27)(H,24,25). The highest BCUT2D eigenvalue weighted by Crippen LogP contribution is 2.03. The minimum atomic E-state index is -1.06. The van der Waals surface area contributed by atoms with Crippen molar-refractivity contribution in [2.45, 2.75) is 20.0 Å². The molecule has 0 heterocycles. The van der Waals surface area contributed by atoms with Gasteiger partial charge in [-0.15, -0.1) is 0 Å². The van der Waals surface area contributed by atoms with E-state index in [1.54, 1.807) is 6.92 Å². The average molecular weight is 447 g/mol. The fourth-order valence-electron chi connectivity index (χ4n) is 2.23. The van der Waals surface area contributed by atoms with E-state index in [-0.39, 0.29) is 64.8 Å². The van der Waals surface area contributed by atoms with Gasteiger partial charge < -0.3 is 29.4 Å². The molecule has 0 aromatic rings. The lowest BCUT2D eigenvalue weighted by molar-refractivity contribution is -0.144. The zero-order valence-electron chi connectivity index (χ0n) is 17.6. The Balaban J connectivity index is 4.96. The van der Waals surface area contributed by atoms with E-state index in [0.717, 1.165) is 0 Å². The summed E-state index contributed by atoms with van der Waals surface area (Å²) in [5, 5.41) is 11.4. The number of amides is 1. The molecule has 0 aliphatic heterocycles. The minimum absolute atomic E-state index is 0.0244. The number of carboxylic acid groups (broad SMARTS) is 1. The van der Waals surface area contributed by atoms with Gasteiger partial charge in [-0.3, -0.25) is 19.3 Å². The lowest BCUT2D eigenvalue weighted by Gasteiger charge is -2.29. The number of aliphatic carboxylic acids is 1. The topological polar surface area (TPSA) is 161 Å². The Labute approximate surface area is 179 Å². The maximum absolute atomic E-state index is 12.1. The Hall–Kier alpha value is -3.19. The molecular weight excluding hydrogens is 418 g/mol. The zero-order valence-corrected chi connectivity index (χ0v) is 17.6. The molecule has 0 spiro atoms. The predicted octanol–water partition coefficient (Wildman–Crippen LogP) is -0.830. The summed E-state index contributed by atoms with van der Waals surface area (Å²) < 4.78 is 19.5. The van der Waals surface area contributed by atoms with Crippen molar-refractivity contribution in [1.29, 1.82) is 0 Å². The Bertz CT molecular complexity index is 601. The predicted molar refractivity (Wildman–Crippen MR) is 105 cm³/mol. The smallest absolute Gasteiger partial charge is 0.407 e. The van der Waals surface area contributed by atoms with Crippen LogP contribution in [-0.4, -0.2) is 105 Å². The van der Waals surface area contributed by atoms with Gasteiger partial charge in [-0.25, -0.2) is 14.5 Å². The van der Waals surface area contributed by atoms with E-state index in [1.165, 1.54) is 16.7 Å². The van der Waals surface area contributed by atoms with Crippen molar-refractivity contribution >= 4 is 31.0 Å². The number of rotatable bonds is 18. The first-order valence-corrected chi connectivity index (χ1v) is 9.27. The van der Waals surface area contributed by atoms with Crippen molar-refractivity contribution in [2.24, 2.45) is 0 Å². The largest absolute Gasteiger partial charge is 0.480 e. The lowest BCUT2D eigenvalue weighted by atomic mass is 10.3. The van der Waals surface area contributed by atoms with Crippen molar-refractivity contribution in [3.63, 3.8) is 0 Å². The fourth-order valence-corrected chi connectivity index (χ4v) is 2.23. The maximum Gasteiger partial charge on any atom is 0.407 e. The average Bonchev–Trinajstić information content (AvgIpc) is 2.71. The minimum Gasteiger partial charge on any atom is -0.480 e. The maximum atomic E-state index is 12.1. The zero-order chi connectivity index (χ0) is 23.6. The fraction of sp³-hybridized carbons (Fsp3) is 0.611. The van der Waals surface area contributed by atoms with Crippen LogP contribution < -0.4 is 5.32 Å². The molecule has 0 aromatic carbocycles. The number of carbonyl (C=O) groups excluding carboxylic acids is 4. The summed E-state index contributed by atoms with van der Waals surface area (Å²) in [4.78, 5) is 58.2. The van der Waals surface area contributed by atoms with Gasteiger partial charge in [0, 0.05) is 18.7 Å². The van der Waals surface area contributed by atoms with Crippen LogP contribution in [0, 0.1) is 0 Å². The summed E-state index contributed by atoms with van der Waals surface area (Å²) in [7, 11) is 0. The molecule has 2 N–H and O–H groups in total. The van der Waals surface area contributed by atoms with Crippen molar-refractivity contribution in [3.8, 4) is 0 Å². The van der Waals surface area contributed by atoms with Gasteiger partial charge >= 0.3 is 18.0 Å². The highest BCUT2D eigenvalue weighted by atomic mass is 16.6. The molecule has 0 aromatic heterocycles. The molecule has 0 saturated heterocycles. The summed E-state index contributed by atoms with van der Waals surface area (Å²) in [5.74, 6) is -1.66. The van der Waals surface area contributed by atoms with E-state index >= 15 is 0 Å². The number of ether oxygens (including phenoxy) is 4. The van der Waals surface area contributed by atoms with Crippen molar-refractivity contribution in [2.75, 3.05) is 52.8 Å². The van der Waals surface area contributed by atoms with E-state index in [9.17, 15) is 24.0 Å². The van der Waals surface area contributed by atoms with Crippen LogP contribution in [0.25, 0.3) is 0 Å². The first kappa shape index (κ1) is 27.8. The molecule has 1 atom stereocenters. The van der Waals surface area contributed by atoms with Crippen molar-refractivity contribution < 1.29 is 48.0 Å². The number of hydrogen-bond donors (Lipinski definition) is 2. The first-order valence-electron chi connectivity index (χ1n) is 9.27. The van der Waals surface area contributed by atoms with Gasteiger partial charge in [-0.2, -0.15) is 0 Å². The first-order chi connectivity index (χ1) is 14.7. The molecule has 0 radical (unpaired) electrons. The van der Waals surface area contributed by atoms with E-state index < -0.39 is 24.1 Å². The summed E-state index contributed by atoms with van der Waals surface area (Å²) >= 11 is 0. The van der Waals surface area contributed by atoms with Crippen LogP contribution in [0.4, 0.5) is 4.79 Å². The van der Waals surface area contributed by atoms with E-state index in [4.69, 9.17) is 14.6 Å². The second-order valence-electron chi connectivity index (χ2n) is 6.23. The molecule has 0 aliphatic carbocycles. The van der Waals surface area contributed by atoms with E-state index in [0.29, 0.717) is 6.54 Å². The van der Waals surface area contributed by atoms with Gasteiger partial charge in [0.05, 0.1) is 13.1 Å². The molecule has 0 rings (SSSR count). The number of likely N-dealkylation sites (N-methyl/N-ethyl adjacent to an activating group) is 1. The van der Waals surface area contributed by atoms with Gasteiger partial charge in [-0.1, -0.05) is 13.5 Å². The van der Waals surface area contributed by atoms with Crippen LogP contribution in [-0.2, 0) is 38.1 Å². The number of nitrogens with zero attached hydrogens (tertiary/aromatic N) is 2. The van der Waals surface area contributed by atoms with Gasteiger partial charge in [0.15, 0.2) is 0 Å². The van der Waals surface area contributed by atoms with Crippen molar-refractivity contribution in [3.05, 3.63) is 12.2 Å². The number of hydrogen-bond acceptors (Lipinski definition) is 11. The summed E-state index contributed by atoms with van der Waals surface area (Å²) in [6.45, 7) is 6.51. The quantitative estimate of drug-likeness (QED) is 0.0671. The number of carbonyl (C=O) groups is 5. The molecule has 13 nitrogen and oxygen atoms in total. The van der Waals surface area contributed by atoms with Gasteiger partial charge in [0.1, 0.15) is 26.2 Å². The molecule has 0 bridgehead atoms. The lowest BCUT2D eigenvalue weighted by Crippen LogP contribution is -2.46. The Morgan fingerprint density at radius 2 is 1.68 bits per heavy atom. The van der Waals surface area contributed by atoms with Crippen molar-refractivity contribution in [1.82, 2.24) is 15.1 Å². The second kappa shape index (κ2) is 16.6. The van der Waals surface area contributed by atoms with Crippen LogP contribution in [0.15, 0.2) is 12.2 Å². The molecule has 31 heavy (non-hydrogen) atoms. The van der Waals surface area contributed by atoms with Gasteiger partial charge in [0.25, 0.3) is 12.9 Å². The highest BCUT2D eigenvalue weighted by Gasteiger charge is 2.23. The third-order valence-corrected chi connectivity index (χ3v) is 3.61. The van der Waals surface area contributed by atoms with Crippen LogP contribution in [0.3, 0.4) is 0 Å². The Morgan fingerprint density at radius 1 is 1.10 bits per heavy atom. The molecule has 0 fully saturated rings. The second-order valence-corrected chi connectivity index (χ2v) is 6.23. The monoisotopic (exact) mass is 447 g/mol. The van der Waals surface area contributed by atoms with E-state index in [2.05, 4.69) is 21.4 Å². The molecule has 1 unspecified atom stereocenters. The third kappa shape index (κ3) is 14.4. The molecule has 176 valence electrons. The van der Waals surface area contributed by atoms with Crippen LogP contribution in [0.1, 0.15) is 13.8 Å². The number of esters is 1.